The molecule has 3 heterocycles. The Hall–Kier alpha value is -4.89. The van der Waals surface area contributed by atoms with Crippen LogP contribution in [0.15, 0.2) is 51.4 Å². The fourth-order valence-corrected chi connectivity index (χ4v) is 3.75. The van der Waals surface area contributed by atoms with Crippen LogP contribution in [-0.4, -0.2) is 75.5 Å². The molecular weight excluding hydrogens is 502 g/mol. The number of ether oxygens (including phenoxy) is 1. The van der Waals surface area contributed by atoms with E-state index in [4.69, 9.17) is 15.6 Å². The van der Waals surface area contributed by atoms with Crippen molar-refractivity contribution in [2.45, 2.75) is 12.5 Å². The van der Waals surface area contributed by atoms with Gasteiger partial charge in [0.15, 0.2) is 6.04 Å². The van der Waals surface area contributed by atoms with Gasteiger partial charge in [-0.2, -0.15) is 5.10 Å². The molecule has 4 amide bonds. The zero-order chi connectivity index (χ0) is 28.4. The molecule has 0 saturated carbocycles. The van der Waals surface area contributed by atoms with E-state index in [1.807, 2.05) is 25.2 Å². The molecule has 2 aromatic rings. The van der Waals surface area contributed by atoms with Gasteiger partial charge < -0.3 is 30.1 Å². The number of rotatable bonds is 9. The second-order valence-electron chi connectivity index (χ2n) is 8.38. The number of aliphatic imine (C=N–C) groups is 1. The lowest BCUT2D eigenvalue weighted by Crippen LogP contribution is -2.34. The quantitative estimate of drug-likeness (QED) is 0.126. The van der Waals surface area contributed by atoms with E-state index in [0.29, 0.717) is 24.5 Å². The van der Waals surface area contributed by atoms with Crippen LogP contribution in [0.2, 0.25) is 0 Å². The molecule has 1 aromatic heterocycles. The Morgan fingerprint density at radius 1 is 1.36 bits per heavy atom. The molecule has 1 unspecified atom stereocenters. The van der Waals surface area contributed by atoms with Gasteiger partial charge in [-0.15, -0.1) is 6.42 Å². The van der Waals surface area contributed by atoms with Gasteiger partial charge in [0.2, 0.25) is 5.76 Å². The molecule has 4 rings (SSSR count). The summed E-state index contributed by atoms with van der Waals surface area (Å²) in [4.78, 5) is 40.8. The fourth-order valence-electron chi connectivity index (χ4n) is 3.75. The van der Waals surface area contributed by atoms with E-state index in [1.165, 1.54) is 6.07 Å². The summed E-state index contributed by atoms with van der Waals surface area (Å²) in [5, 5.41) is 11.5. The molecule has 1 saturated heterocycles. The Bertz CT molecular complexity index is 1340. The van der Waals surface area contributed by atoms with Gasteiger partial charge in [-0.05, 0) is 36.1 Å². The molecule has 0 radical (unpaired) electrons. The lowest BCUT2D eigenvalue weighted by Gasteiger charge is -2.24. The number of imide groups is 1. The van der Waals surface area contributed by atoms with Crippen molar-refractivity contribution in [3.8, 4) is 18.1 Å². The molecule has 12 heteroatoms. The van der Waals surface area contributed by atoms with Crippen molar-refractivity contribution in [1.82, 2.24) is 26.3 Å². The highest BCUT2D eigenvalue weighted by Crippen LogP contribution is 2.29. The summed E-state index contributed by atoms with van der Waals surface area (Å²) in [5.41, 5.74) is 5.55. The van der Waals surface area contributed by atoms with Crippen LogP contribution in [0.3, 0.4) is 0 Å². The number of terminal acetylenes is 1. The number of nitrogens with one attached hydrogen (secondary N) is 4. The van der Waals surface area contributed by atoms with E-state index in [-0.39, 0.29) is 17.4 Å². The van der Waals surface area contributed by atoms with Crippen LogP contribution in [0, 0.1) is 12.3 Å². The molecule has 0 spiro atoms. The standard InChI is InChI=1S/C16H18N6O3.C11H13NO2/c1-4-10(9-18-6-7-19-17-3)20-11-8-13(25-12(11)5-2)14-15(23)22-16(24)21-14;1-12-6-5-8-3-4-9(14-2)7-10(8)11(12)13/h2,4,7-8,14,17-18H,1,6,9H2,3H3,(H2,21,22,23,24);3-4,7H,5-6H2,1-2H3/b19-7-,20-10?;. The van der Waals surface area contributed by atoms with Crippen LogP contribution in [-0.2, 0) is 11.2 Å². The van der Waals surface area contributed by atoms with Gasteiger partial charge in [0.1, 0.15) is 17.2 Å². The lowest BCUT2D eigenvalue weighted by molar-refractivity contribution is -0.120. The maximum atomic E-state index is 11.8. The minimum atomic E-state index is -0.924. The summed E-state index contributed by atoms with van der Waals surface area (Å²) in [6, 6.07) is 5.70. The number of carbonyl (C=O) groups is 3. The molecule has 2 aliphatic rings. The number of hydrogen-bond acceptors (Lipinski definition) is 9. The monoisotopic (exact) mass is 533 g/mol. The van der Waals surface area contributed by atoms with E-state index >= 15 is 0 Å². The number of hydrogen-bond donors (Lipinski definition) is 4. The third-order valence-electron chi connectivity index (χ3n) is 5.79. The van der Waals surface area contributed by atoms with Crippen molar-refractivity contribution in [3.63, 3.8) is 0 Å². The smallest absolute Gasteiger partial charge is 0.322 e. The average molecular weight is 534 g/mol. The van der Waals surface area contributed by atoms with Gasteiger partial charge in [0.05, 0.1) is 12.8 Å². The summed E-state index contributed by atoms with van der Waals surface area (Å²) >= 11 is 0. The zero-order valence-electron chi connectivity index (χ0n) is 22.0. The molecule has 204 valence electrons. The number of nitrogens with zero attached hydrogens (tertiary/aromatic N) is 3. The zero-order valence-corrected chi connectivity index (χ0v) is 22.0. The number of carbonyl (C=O) groups excluding carboxylic acids is 3. The molecule has 1 fully saturated rings. The van der Waals surface area contributed by atoms with Crippen LogP contribution >= 0.6 is 0 Å². The number of amides is 4. The summed E-state index contributed by atoms with van der Waals surface area (Å²) in [6.45, 7) is 5.49. The first-order valence-electron chi connectivity index (χ1n) is 12.0. The van der Waals surface area contributed by atoms with E-state index in [2.05, 4.69) is 44.0 Å². The normalized spacial score (nSPS) is 16.6. The number of likely N-dealkylation sites (N-methyl/N-ethyl adjacent to an activating group) is 1. The number of hydrazone groups is 1. The average Bonchev–Trinajstić information content (AvgIpc) is 3.51. The highest BCUT2D eigenvalue weighted by Gasteiger charge is 2.34. The van der Waals surface area contributed by atoms with Gasteiger partial charge >= 0.3 is 6.03 Å². The van der Waals surface area contributed by atoms with Crippen LogP contribution < -0.4 is 26.1 Å². The fraction of sp³-hybridized carbons (Fsp3) is 0.296. The van der Waals surface area contributed by atoms with Crippen molar-refractivity contribution in [2.75, 3.05) is 40.8 Å². The molecule has 1 atom stereocenters. The summed E-state index contributed by atoms with van der Waals surface area (Å²) in [7, 11) is 5.14. The molecule has 4 N–H and O–H groups in total. The molecule has 12 nitrogen and oxygen atoms in total. The van der Waals surface area contributed by atoms with Gasteiger partial charge in [-0.25, -0.2) is 9.79 Å². The van der Waals surface area contributed by atoms with Crippen molar-refractivity contribution in [2.24, 2.45) is 10.1 Å². The molecule has 39 heavy (non-hydrogen) atoms. The number of benzene rings is 1. The lowest BCUT2D eigenvalue weighted by atomic mass is 9.99. The second-order valence-corrected chi connectivity index (χ2v) is 8.38. The maximum Gasteiger partial charge on any atom is 0.322 e. The molecular formula is C27H31N7O5. The van der Waals surface area contributed by atoms with Crippen LogP contribution in [0.25, 0.3) is 0 Å². The van der Waals surface area contributed by atoms with Gasteiger partial charge in [0.25, 0.3) is 11.8 Å². The van der Waals surface area contributed by atoms with Crippen LogP contribution in [0.4, 0.5) is 10.5 Å². The number of urea groups is 1. The highest BCUT2D eigenvalue weighted by molar-refractivity contribution is 6.04. The Labute approximate surface area is 226 Å². The van der Waals surface area contributed by atoms with Crippen LogP contribution in [0.5, 0.6) is 5.75 Å². The maximum absolute atomic E-state index is 11.8. The molecule has 0 bridgehead atoms. The van der Waals surface area contributed by atoms with E-state index in [9.17, 15) is 14.4 Å². The number of furan rings is 1. The number of fused-ring (bicyclic) bond motifs is 1. The second kappa shape index (κ2) is 13.6. The Balaban J connectivity index is 0.000000252. The minimum Gasteiger partial charge on any atom is -0.497 e. The summed E-state index contributed by atoms with van der Waals surface area (Å²) < 4.78 is 10.6. The Kier molecular flexibility index (Phi) is 10.00. The summed E-state index contributed by atoms with van der Waals surface area (Å²) in [5.74, 6) is 3.08. The number of methoxy groups -OCH3 is 1. The van der Waals surface area contributed by atoms with E-state index in [0.717, 1.165) is 29.8 Å². The van der Waals surface area contributed by atoms with Crippen molar-refractivity contribution >= 4 is 35.5 Å². The predicted octanol–water partition coefficient (Wildman–Crippen LogP) is 1.52. The molecule has 1 aromatic carbocycles. The van der Waals surface area contributed by atoms with Gasteiger partial charge in [-0.3, -0.25) is 14.9 Å². The summed E-state index contributed by atoms with van der Waals surface area (Å²) in [6.07, 6.45) is 9.62. The van der Waals surface area contributed by atoms with Crippen molar-refractivity contribution in [1.29, 1.82) is 0 Å². The molecule has 0 aliphatic carbocycles. The largest absolute Gasteiger partial charge is 0.497 e. The minimum absolute atomic E-state index is 0.0881. The van der Waals surface area contributed by atoms with Gasteiger partial charge in [-0.1, -0.05) is 12.6 Å². The topological polar surface area (TPSA) is 150 Å². The van der Waals surface area contributed by atoms with E-state index in [1.54, 1.807) is 31.3 Å². The third kappa shape index (κ3) is 7.33. The van der Waals surface area contributed by atoms with Crippen molar-refractivity contribution in [3.05, 3.63) is 59.6 Å². The third-order valence-corrected chi connectivity index (χ3v) is 5.79. The first-order chi connectivity index (χ1) is 18.8. The highest BCUT2D eigenvalue weighted by atomic mass is 16.5. The SMILES string of the molecule is C#Cc1oc(C2NC(=O)NC2=O)cc1N=C(C=C)CNC/C=N\NC.COc1ccc2c(c1)C(=O)N(C)CC2. The first kappa shape index (κ1) is 28.7. The van der Waals surface area contributed by atoms with Crippen LogP contribution in [0.1, 0.15) is 33.5 Å². The Morgan fingerprint density at radius 2 is 2.15 bits per heavy atom. The first-order valence-corrected chi connectivity index (χ1v) is 12.0. The van der Waals surface area contributed by atoms with Gasteiger partial charge in [0, 0.05) is 51.6 Å². The molecule has 2 aliphatic heterocycles. The Morgan fingerprint density at radius 3 is 2.79 bits per heavy atom. The predicted molar refractivity (Wildman–Crippen MR) is 147 cm³/mol. The van der Waals surface area contributed by atoms with Crippen molar-refractivity contribution < 1.29 is 23.5 Å². The van der Waals surface area contributed by atoms with E-state index < -0.39 is 18.0 Å².